The van der Waals surface area contributed by atoms with E-state index < -0.39 is 10.0 Å². The summed E-state index contributed by atoms with van der Waals surface area (Å²) >= 11 is 6.10. The van der Waals surface area contributed by atoms with Gasteiger partial charge in [-0.1, -0.05) is 41.0 Å². The monoisotopic (exact) mass is 352 g/mol. The van der Waals surface area contributed by atoms with Gasteiger partial charge >= 0.3 is 0 Å². The Bertz CT molecular complexity index is 953. The lowest BCUT2D eigenvalue weighted by atomic mass is 10.2. The molecule has 2 aromatic carbocycles. The smallest absolute Gasteiger partial charge is 0.263 e. The summed E-state index contributed by atoms with van der Waals surface area (Å²) in [7, 11) is -2.35. The Hall–Kier alpha value is -2.09. The van der Waals surface area contributed by atoms with Gasteiger partial charge in [0.05, 0.1) is 21.9 Å². The van der Waals surface area contributed by atoms with Crippen LogP contribution in [-0.4, -0.2) is 20.7 Å². The maximum Gasteiger partial charge on any atom is 0.263 e. The number of methoxy groups -OCH3 is 1. The Morgan fingerprint density at radius 3 is 2.78 bits per heavy atom. The normalized spacial score (nSPS) is 11.7. The standard InChI is InChI=1S/C15H13ClN2O4S/c1-21-9-10-5-2-3-8-13(10)23(19,20)18-15-14-11(16)6-4-7-12(14)22-17-15/h2-8H,9H2,1H3,(H,17,18). The predicted molar refractivity (Wildman–Crippen MR) is 87.0 cm³/mol. The molecule has 0 saturated heterocycles. The number of rotatable bonds is 5. The Labute approximate surface area is 138 Å². The first-order valence-electron chi connectivity index (χ1n) is 6.66. The topological polar surface area (TPSA) is 81.4 Å². The maximum absolute atomic E-state index is 12.7. The molecule has 0 amide bonds. The van der Waals surface area contributed by atoms with Crippen molar-refractivity contribution in [2.45, 2.75) is 11.5 Å². The molecule has 120 valence electrons. The summed E-state index contributed by atoms with van der Waals surface area (Å²) in [6.45, 7) is 0.178. The van der Waals surface area contributed by atoms with E-state index in [0.717, 1.165) is 0 Å². The quantitative estimate of drug-likeness (QED) is 0.760. The van der Waals surface area contributed by atoms with Crippen molar-refractivity contribution in [3.63, 3.8) is 0 Å². The van der Waals surface area contributed by atoms with Crippen LogP contribution >= 0.6 is 11.6 Å². The van der Waals surface area contributed by atoms with Crippen molar-refractivity contribution in [3.05, 3.63) is 53.1 Å². The van der Waals surface area contributed by atoms with Crippen LogP contribution in [0, 0.1) is 0 Å². The van der Waals surface area contributed by atoms with Crippen molar-refractivity contribution in [2.24, 2.45) is 0 Å². The van der Waals surface area contributed by atoms with Gasteiger partial charge in [-0.05, 0) is 23.8 Å². The fourth-order valence-electron chi connectivity index (χ4n) is 2.24. The highest BCUT2D eigenvalue weighted by Crippen LogP contribution is 2.31. The average Bonchev–Trinajstić information content (AvgIpc) is 2.92. The van der Waals surface area contributed by atoms with Gasteiger partial charge in [0.25, 0.3) is 10.0 Å². The number of anilines is 1. The first-order valence-corrected chi connectivity index (χ1v) is 8.52. The Balaban J connectivity index is 2.04. The van der Waals surface area contributed by atoms with Gasteiger partial charge in [0.2, 0.25) is 0 Å². The van der Waals surface area contributed by atoms with Crippen LogP contribution in [0.3, 0.4) is 0 Å². The van der Waals surface area contributed by atoms with Crippen LogP contribution in [0.25, 0.3) is 11.0 Å². The molecule has 1 heterocycles. The minimum absolute atomic E-state index is 0.0535. The van der Waals surface area contributed by atoms with Crippen LogP contribution in [-0.2, 0) is 21.4 Å². The van der Waals surface area contributed by atoms with E-state index in [9.17, 15) is 8.42 Å². The van der Waals surface area contributed by atoms with E-state index in [0.29, 0.717) is 21.6 Å². The SMILES string of the molecule is COCc1ccccc1S(=O)(=O)Nc1noc2cccc(Cl)c12. The van der Waals surface area contributed by atoms with Crippen LogP contribution in [0.2, 0.25) is 5.02 Å². The summed E-state index contributed by atoms with van der Waals surface area (Å²) in [5, 5.41) is 4.53. The van der Waals surface area contributed by atoms with Gasteiger partial charge in [-0.15, -0.1) is 0 Å². The minimum atomic E-state index is -3.86. The molecular weight excluding hydrogens is 340 g/mol. The first-order chi connectivity index (χ1) is 11.0. The number of halogens is 1. The van der Waals surface area contributed by atoms with Gasteiger partial charge < -0.3 is 9.26 Å². The number of aromatic nitrogens is 1. The number of fused-ring (bicyclic) bond motifs is 1. The van der Waals surface area contributed by atoms with Crippen LogP contribution in [0.15, 0.2) is 51.9 Å². The molecule has 8 heteroatoms. The van der Waals surface area contributed by atoms with Crippen molar-refractivity contribution in [3.8, 4) is 0 Å². The fraction of sp³-hybridized carbons (Fsp3) is 0.133. The summed E-state index contributed by atoms with van der Waals surface area (Å²) in [6.07, 6.45) is 0. The van der Waals surface area contributed by atoms with Crippen molar-refractivity contribution < 1.29 is 17.7 Å². The van der Waals surface area contributed by atoms with E-state index in [1.807, 2.05) is 0 Å². The van der Waals surface area contributed by atoms with Gasteiger partial charge in [-0.3, -0.25) is 4.72 Å². The lowest BCUT2D eigenvalue weighted by Crippen LogP contribution is -2.15. The average molecular weight is 353 g/mol. The number of sulfonamides is 1. The van der Waals surface area contributed by atoms with Crippen molar-refractivity contribution in [2.75, 3.05) is 11.8 Å². The number of nitrogens with zero attached hydrogens (tertiary/aromatic N) is 1. The van der Waals surface area contributed by atoms with Crippen molar-refractivity contribution in [1.29, 1.82) is 0 Å². The van der Waals surface area contributed by atoms with Crippen LogP contribution in [0.4, 0.5) is 5.82 Å². The third kappa shape index (κ3) is 3.03. The summed E-state index contributed by atoms with van der Waals surface area (Å²) < 4.78 is 37.9. The predicted octanol–water partition coefficient (Wildman–Crippen LogP) is 3.43. The summed E-state index contributed by atoms with van der Waals surface area (Å²) in [5.74, 6) is 0.0535. The molecule has 6 nitrogen and oxygen atoms in total. The van der Waals surface area contributed by atoms with Gasteiger partial charge in [0.15, 0.2) is 11.4 Å². The van der Waals surface area contributed by atoms with Crippen LogP contribution in [0.5, 0.6) is 0 Å². The molecule has 3 rings (SSSR count). The second-order valence-electron chi connectivity index (χ2n) is 4.79. The molecule has 3 aromatic rings. The second kappa shape index (κ2) is 6.19. The molecule has 0 atom stereocenters. The zero-order valence-corrected chi connectivity index (χ0v) is 13.7. The number of hydrogen-bond acceptors (Lipinski definition) is 5. The highest BCUT2D eigenvalue weighted by molar-refractivity contribution is 7.92. The minimum Gasteiger partial charge on any atom is -0.380 e. The Morgan fingerprint density at radius 2 is 2.00 bits per heavy atom. The van der Waals surface area contributed by atoms with Crippen LogP contribution in [0.1, 0.15) is 5.56 Å². The number of ether oxygens (including phenoxy) is 1. The molecular formula is C15H13ClN2O4S. The summed E-state index contributed by atoms with van der Waals surface area (Å²) in [5.41, 5.74) is 0.946. The number of nitrogens with one attached hydrogen (secondary N) is 1. The molecule has 0 aliphatic carbocycles. The second-order valence-corrected chi connectivity index (χ2v) is 6.85. The molecule has 0 unspecified atom stereocenters. The molecule has 1 aromatic heterocycles. The lowest BCUT2D eigenvalue weighted by Gasteiger charge is -2.10. The Kier molecular flexibility index (Phi) is 4.25. The maximum atomic E-state index is 12.7. The fourth-order valence-corrected chi connectivity index (χ4v) is 3.73. The molecule has 0 saturated carbocycles. The van der Waals surface area contributed by atoms with Gasteiger partial charge in [-0.2, -0.15) is 0 Å². The summed E-state index contributed by atoms with van der Waals surface area (Å²) in [4.78, 5) is 0.116. The third-order valence-electron chi connectivity index (χ3n) is 3.24. The third-order valence-corrected chi connectivity index (χ3v) is 4.99. The zero-order chi connectivity index (χ0) is 16.4. The molecule has 0 fully saturated rings. The molecule has 0 radical (unpaired) electrons. The van der Waals surface area contributed by atoms with Crippen molar-refractivity contribution >= 4 is 38.4 Å². The Morgan fingerprint density at radius 1 is 1.22 bits per heavy atom. The van der Waals surface area contributed by atoms with Crippen molar-refractivity contribution in [1.82, 2.24) is 5.16 Å². The molecule has 0 spiro atoms. The summed E-state index contributed by atoms with van der Waals surface area (Å²) in [6, 6.07) is 11.6. The van der Waals surface area contributed by atoms with E-state index >= 15 is 0 Å². The van der Waals surface area contributed by atoms with E-state index in [4.69, 9.17) is 20.9 Å². The van der Waals surface area contributed by atoms with Gasteiger partial charge in [-0.25, -0.2) is 8.42 Å². The molecule has 0 aliphatic rings. The largest absolute Gasteiger partial charge is 0.380 e. The van der Waals surface area contributed by atoms with Gasteiger partial charge in [0.1, 0.15) is 0 Å². The molecule has 0 aliphatic heterocycles. The van der Waals surface area contributed by atoms with Gasteiger partial charge in [0, 0.05) is 7.11 Å². The van der Waals surface area contributed by atoms with Crippen LogP contribution < -0.4 is 4.72 Å². The number of benzene rings is 2. The van der Waals surface area contributed by atoms with E-state index in [-0.39, 0.29) is 17.3 Å². The lowest BCUT2D eigenvalue weighted by molar-refractivity contribution is 0.182. The molecule has 0 bridgehead atoms. The van der Waals surface area contributed by atoms with E-state index in [2.05, 4.69) is 9.88 Å². The highest BCUT2D eigenvalue weighted by atomic mass is 35.5. The van der Waals surface area contributed by atoms with E-state index in [1.54, 1.807) is 36.4 Å². The van der Waals surface area contributed by atoms with E-state index in [1.165, 1.54) is 13.2 Å². The molecule has 23 heavy (non-hydrogen) atoms. The highest BCUT2D eigenvalue weighted by Gasteiger charge is 2.22. The molecule has 1 N–H and O–H groups in total. The number of hydrogen-bond donors (Lipinski definition) is 1. The first kappa shape index (κ1) is 15.8. The zero-order valence-electron chi connectivity index (χ0n) is 12.1.